The van der Waals surface area contributed by atoms with Gasteiger partial charge in [-0.15, -0.1) is 5.10 Å². The van der Waals surface area contributed by atoms with Gasteiger partial charge in [0.05, 0.1) is 24.8 Å². The van der Waals surface area contributed by atoms with E-state index in [1.807, 2.05) is 30.3 Å². The Morgan fingerprint density at radius 1 is 1.17 bits per heavy atom. The third-order valence-electron chi connectivity index (χ3n) is 4.54. The highest BCUT2D eigenvalue weighted by Gasteiger charge is 2.19. The van der Waals surface area contributed by atoms with E-state index in [2.05, 4.69) is 15.3 Å². The van der Waals surface area contributed by atoms with E-state index < -0.39 is 4.92 Å². The number of anilines is 2. The summed E-state index contributed by atoms with van der Waals surface area (Å²) in [5.41, 5.74) is 1.56. The van der Waals surface area contributed by atoms with Gasteiger partial charge in [-0.05, 0) is 36.5 Å². The molecule has 0 aliphatic carbocycles. The fourth-order valence-corrected chi connectivity index (χ4v) is 3.22. The van der Waals surface area contributed by atoms with Crippen LogP contribution in [0, 0.1) is 15.0 Å². The summed E-state index contributed by atoms with van der Waals surface area (Å²) >= 11 is 5.27. The number of morpholine rings is 1. The Balaban J connectivity index is 1.60. The molecule has 0 atom stereocenters. The SMILES string of the molecule is O=[N+]([O-])c1cc(-c2nn(CN3CCOCC3)c(=S)o2)ccc1Nc1ccccc1. The Morgan fingerprint density at radius 2 is 1.93 bits per heavy atom. The molecule has 1 fully saturated rings. The van der Waals surface area contributed by atoms with E-state index in [0.29, 0.717) is 31.1 Å². The number of nitrogens with one attached hydrogen (secondary N) is 1. The maximum Gasteiger partial charge on any atom is 0.293 e. The van der Waals surface area contributed by atoms with Crippen LogP contribution in [0.1, 0.15) is 0 Å². The Morgan fingerprint density at radius 3 is 2.66 bits per heavy atom. The Labute approximate surface area is 171 Å². The Bertz CT molecular complexity index is 1060. The van der Waals surface area contributed by atoms with Gasteiger partial charge in [-0.25, -0.2) is 4.68 Å². The van der Waals surface area contributed by atoms with Gasteiger partial charge in [-0.1, -0.05) is 18.2 Å². The summed E-state index contributed by atoms with van der Waals surface area (Å²) in [5, 5.41) is 19.1. The topological polar surface area (TPSA) is 98.6 Å². The first-order valence-corrected chi connectivity index (χ1v) is 9.50. The van der Waals surface area contributed by atoms with Crippen LogP contribution in [0.2, 0.25) is 0 Å². The molecule has 0 bridgehead atoms. The number of hydrogen-bond acceptors (Lipinski definition) is 8. The van der Waals surface area contributed by atoms with Gasteiger partial charge in [0.1, 0.15) is 5.69 Å². The maximum absolute atomic E-state index is 11.6. The van der Waals surface area contributed by atoms with Crippen molar-refractivity contribution in [1.29, 1.82) is 0 Å². The van der Waals surface area contributed by atoms with Crippen molar-refractivity contribution in [3.63, 3.8) is 0 Å². The average Bonchev–Trinajstić information content (AvgIpc) is 3.10. The first-order valence-electron chi connectivity index (χ1n) is 9.09. The van der Waals surface area contributed by atoms with Crippen molar-refractivity contribution in [2.24, 2.45) is 0 Å². The number of nitro benzene ring substituents is 1. The van der Waals surface area contributed by atoms with Crippen molar-refractivity contribution in [1.82, 2.24) is 14.7 Å². The van der Waals surface area contributed by atoms with Crippen molar-refractivity contribution in [3.05, 3.63) is 63.5 Å². The summed E-state index contributed by atoms with van der Waals surface area (Å²) in [6, 6.07) is 14.1. The lowest BCUT2D eigenvalue weighted by atomic mass is 10.1. The molecule has 150 valence electrons. The van der Waals surface area contributed by atoms with Gasteiger partial charge in [0, 0.05) is 30.4 Å². The first kappa shape index (κ1) is 19.2. The normalized spacial score (nSPS) is 14.6. The zero-order valence-corrected chi connectivity index (χ0v) is 16.3. The van der Waals surface area contributed by atoms with Crippen LogP contribution < -0.4 is 5.32 Å². The molecular weight excluding hydrogens is 394 g/mol. The van der Waals surface area contributed by atoms with Gasteiger partial charge in [0.2, 0.25) is 5.89 Å². The molecule has 1 aliphatic rings. The monoisotopic (exact) mass is 413 g/mol. The minimum Gasteiger partial charge on any atom is -0.409 e. The molecule has 4 rings (SSSR count). The lowest BCUT2D eigenvalue weighted by Crippen LogP contribution is -2.37. The Hall–Kier alpha value is -3.08. The molecule has 0 amide bonds. The van der Waals surface area contributed by atoms with Crippen LogP contribution in [0.4, 0.5) is 17.1 Å². The largest absolute Gasteiger partial charge is 0.409 e. The molecule has 29 heavy (non-hydrogen) atoms. The van der Waals surface area contributed by atoms with Crippen molar-refractivity contribution >= 4 is 29.3 Å². The van der Waals surface area contributed by atoms with Crippen LogP contribution in [0.5, 0.6) is 0 Å². The number of nitrogens with zero attached hydrogens (tertiary/aromatic N) is 4. The molecule has 0 saturated carbocycles. The van der Waals surface area contributed by atoms with Crippen LogP contribution >= 0.6 is 12.2 Å². The van der Waals surface area contributed by atoms with E-state index >= 15 is 0 Å². The predicted octanol–water partition coefficient (Wildman–Crippen LogP) is 3.81. The molecule has 10 heteroatoms. The predicted molar refractivity (Wildman–Crippen MR) is 110 cm³/mol. The van der Waals surface area contributed by atoms with Crippen LogP contribution in [-0.2, 0) is 11.4 Å². The summed E-state index contributed by atoms with van der Waals surface area (Å²) in [5.74, 6) is 0.248. The fraction of sp³-hybridized carbons (Fsp3) is 0.263. The molecule has 2 aromatic carbocycles. The van der Waals surface area contributed by atoms with Crippen LogP contribution in [0.25, 0.3) is 11.5 Å². The molecule has 2 heterocycles. The molecular formula is C19H19N5O4S. The highest BCUT2D eigenvalue weighted by molar-refractivity contribution is 7.71. The smallest absolute Gasteiger partial charge is 0.293 e. The second kappa shape index (κ2) is 8.52. The zero-order valence-electron chi connectivity index (χ0n) is 15.5. The second-order valence-electron chi connectivity index (χ2n) is 6.52. The zero-order chi connectivity index (χ0) is 20.2. The van der Waals surface area contributed by atoms with E-state index in [9.17, 15) is 10.1 Å². The minimum atomic E-state index is -0.436. The van der Waals surface area contributed by atoms with Crippen molar-refractivity contribution < 1.29 is 14.1 Å². The number of benzene rings is 2. The quantitative estimate of drug-likeness (QED) is 0.370. The molecule has 0 unspecified atom stereocenters. The minimum absolute atomic E-state index is 0.0739. The van der Waals surface area contributed by atoms with Gasteiger partial charge in [0.25, 0.3) is 10.5 Å². The third-order valence-corrected chi connectivity index (χ3v) is 4.83. The van der Waals surface area contributed by atoms with E-state index in [4.69, 9.17) is 21.4 Å². The number of aromatic nitrogens is 2. The van der Waals surface area contributed by atoms with E-state index in [0.717, 1.165) is 18.8 Å². The van der Waals surface area contributed by atoms with E-state index in [1.54, 1.807) is 16.8 Å². The summed E-state index contributed by atoms with van der Waals surface area (Å²) in [6.07, 6.45) is 0. The Kier molecular flexibility index (Phi) is 5.65. The van der Waals surface area contributed by atoms with E-state index in [1.165, 1.54) is 6.07 Å². The van der Waals surface area contributed by atoms with Crippen LogP contribution in [-0.4, -0.2) is 45.9 Å². The molecule has 9 nitrogen and oxygen atoms in total. The average molecular weight is 413 g/mol. The van der Waals surface area contributed by atoms with Gasteiger partial charge >= 0.3 is 0 Å². The molecule has 0 spiro atoms. The van der Waals surface area contributed by atoms with Gasteiger partial charge in [-0.3, -0.25) is 15.0 Å². The summed E-state index contributed by atoms with van der Waals surface area (Å²) in [7, 11) is 0. The van der Waals surface area contributed by atoms with Crippen molar-refractivity contribution in [3.8, 4) is 11.5 Å². The molecule has 1 aliphatic heterocycles. The maximum atomic E-state index is 11.6. The van der Waals surface area contributed by atoms with Crippen LogP contribution in [0.15, 0.2) is 52.9 Å². The third kappa shape index (κ3) is 4.50. The highest BCUT2D eigenvalue weighted by Crippen LogP contribution is 2.32. The number of hydrogen-bond donors (Lipinski definition) is 1. The van der Waals surface area contributed by atoms with Crippen molar-refractivity contribution in [2.45, 2.75) is 6.67 Å². The van der Waals surface area contributed by atoms with Crippen LogP contribution in [0.3, 0.4) is 0 Å². The number of para-hydroxylation sites is 1. The first-order chi connectivity index (χ1) is 14.1. The number of nitro groups is 1. The summed E-state index contributed by atoms with van der Waals surface area (Å²) in [4.78, 5) is 13.5. The summed E-state index contributed by atoms with van der Waals surface area (Å²) in [6.45, 7) is 3.40. The highest BCUT2D eigenvalue weighted by atomic mass is 32.1. The number of ether oxygens (including phenoxy) is 1. The second-order valence-corrected chi connectivity index (χ2v) is 6.87. The lowest BCUT2D eigenvalue weighted by Gasteiger charge is -2.25. The molecule has 0 radical (unpaired) electrons. The number of rotatable bonds is 6. The standard InChI is InChI=1S/C19H19N5O4S/c25-24(26)17-12-14(6-7-16(17)20-15-4-2-1-3-5-15)18-21-23(19(29)28-18)13-22-8-10-27-11-9-22/h1-7,12,20H,8-11,13H2. The molecule has 1 aromatic heterocycles. The van der Waals surface area contributed by atoms with E-state index in [-0.39, 0.29) is 16.4 Å². The fourth-order valence-electron chi connectivity index (χ4n) is 3.04. The van der Waals surface area contributed by atoms with Crippen molar-refractivity contribution in [2.75, 3.05) is 31.6 Å². The molecule has 1 saturated heterocycles. The van der Waals surface area contributed by atoms with Gasteiger partial charge in [-0.2, -0.15) is 0 Å². The summed E-state index contributed by atoms with van der Waals surface area (Å²) < 4.78 is 12.5. The molecule has 1 N–H and O–H groups in total. The molecule has 3 aromatic rings. The lowest BCUT2D eigenvalue weighted by molar-refractivity contribution is -0.383. The van der Waals surface area contributed by atoms with Gasteiger partial charge in [0.15, 0.2) is 0 Å². The van der Waals surface area contributed by atoms with Gasteiger partial charge < -0.3 is 14.5 Å².